The number of ether oxygens (including phenoxy) is 5. The van der Waals surface area contributed by atoms with Crippen LogP contribution < -0.4 is 10.6 Å². The van der Waals surface area contributed by atoms with Crippen LogP contribution in [-0.2, 0) is 42.9 Å². The molecule has 0 aromatic carbocycles. The fraction of sp³-hybridized carbons (Fsp3) is 0.870. The number of aliphatic carboxylic acids is 1. The largest absolute Gasteiger partial charge is 0.481 e. The van der Waals surface area contributed by atoms with Crippen LogP contribution in [0.5, 0.6) is 0 Å². The van der Waals surface area contributed by atoms with E-state index in [0.717, 1.165) is 6.42 Å². The minimum absolute atomic E-state index is 0.0675. The summed E-state index contributed by atoms with van der Waals surface area (Å²) in [5.74, 6) is -8.51. The lowest BCUT2D eigenvalue weighted by Crippen LogP contribution is -2.66. The second-order valence-corrected chi connectivity index (χ2v) is 19.4. The van der Waals surface area contributed by atoms with E-state index in [1.165, 1.54) is 0 Å². The highest BCUT2D eigenvalue weighted by atomic mass is 16.8. The van der Waals surface area contributed by atoms with Crippen molar-refractivity contribution in [2.24, 2.45) is 41.4 Å². The third-order valence-corrected chi connectivity index (χ3v) is 15.4. The van der Waals surface area contributed by atoms with Crippen LogP contribution in [0.3, 0.4) is 0 Å². The summed E-state index contributed by atoms with van der Waals surface area (Å²) < 4.78 is 34.1. The first-order valence-corrected chi connectivity index (χ1v) is 23.1. The summed E-state index contributed by atoms with van der Waals surface area (Å²) in [6.07, 6.45) is 5.34. The molecule has 15 nitrogen and oxygen atoms in total. The Morgan fingerprint density at radius 1 is 0.869 bits per heavy atom. The second-order valence-electron chi connectivity index (χ2n) is 19.4. The Balaban J connectivity index is 1.40. The first kappa shape index (κ1) is 49.5. The number of carboxylic acid groups (broad SMARTS) is 1. The molecule has 2 spiro atoms. The van der Waals surface area contributed by atoms with Crippen molar-refractivity contribution < 1.29 is 63.3 Å². The van der Waals surface area contributed by atoms with Crippen LogP contribution in [0.1, 0.15) is 133 Å². The molecule has 0 aliphatic carbocycles. The molecule has 4 fully saturated rings. The maximum absolute atomic E-state index is 14.6. The molecule has 5 heterocycles. The number of aliphatic hydroxyl groups excluding tert-OH is 2. The first-order valence-electron chi connectivity index (χ1n) is 23.1. The van der Waals surface area contributed by atoms with Gasteiger partial charge in [0.25, 0.3) is 0 Å². The number of carbonyl (C=O) groups is 4. The molecule has 0 aromatic rings. The molecule has 6 N–H and O–H groups in total. The summed E-state index contributed by atoms with van der Waals surface area (Å²) in [7, 11) is 0. The summed E-state index contributed by atoms with van der Waals surface area (Å²) >= 11 is 0. The molecule has 0 unspecified atom stereocenters. The lowest BCUT2D eigenvalue weighted by Gasteiger charge is -2.55. The molecule has 5 aliphatic heterocycles. The maximum atomic E-state index is 14.6. The predicted molar refractivity (Wildman–Crippen MR) is 225 cm³/mol. The number of nitrogens with one attached hydrogen (secondary N) is 2. The van der Waals surface area contributed by atoms with E-state index in [1.54, 1.807) is 19.1 Å². The van der Waals surface area contributed by atoms with Crippen molar-refractivity contribution in [3.63, 3.8) is 0 Å². The third-order valence-electron chi connectivity index (χ3n) is 15.4. The zero-order chi connectivity index (χ0) is 45.2. The van der Waals surface area contributed by atoms with Crippen LogP contribution in [0.25, 0.3) is 0 Å². The summed E-state index contributed by atoms with van der Waals surface area (Å²) in [4.78, 5) is 52.6. The molecular weight excluding hydrogens is 789 g/mol. The van der Waals surface area contributed by atoms with Crippen molar-refractivity contribution >= 4 is 23.6 Å². The standard InChI is InChI=1S/C46H76N2O13/c1-11-31(42(54)55)33-15-14-25(4)38(58-33)29(8)36(50)28(7)37(51)32(12-2)39-26(5)24-27(6)45(59-39)19-16-34(48-41(53)40(52)47-22-23-49)46(61-45)21-20-43(10,60-46)35-17-18-44(56,13-3)30(9)57-35/h16,19,25-36,38-39,49-50,56H,11-15,17-18,20-24H2,1-10H3,(H,47,52)(H,48,53)(H,54,55)/t25-,26-,27+,28-,29-,30-,31+,32-,33+,34+,35+,36+,38+,39-,43-,44+,45-,46-/m0/s1. The fourth-order valence-corrected chi connectivity index (χ4v) is 11.1. The quantitative estimate of drug-likeness (QED) is 0.0994. The van der Waals surface area contributed by atoms with Gasteiger partial charge in [0, 0.05) is 36.6 Å². The average Bonchev–Trinajstić information content (AvgIpc) is 3.57. The Kier molecular flexibility index (Phi) is 16.0. The smallest absolute Gasteiger partial charge is 0.309 e. The number of Topliss-reactive ketones (excluding diaryl/α,β-unsaturated/α-hetero) is 1. The van der Waals surface area contributed by atoms with Crippen LogP contribution in [-0.4, -0.2) is 123 Å². The molecule has 0 radical (unpaired) electrons. The Morgan fingerprint density at radius 3 is 2.16 bits per heavy atom. The van der Waals surface area contributed by atoms with Gasteiger partial charge in [0.2, 0.25) is 0 Å². The summed E-state index contributed by atoms with van der Waals surface area (Å²) in [5.41, 5.74) is -1.87. The van der Waals surface area contributed by atoms with E-state index in [0.29, 0.717) is 57.8 Å². The van der Waals surface area contributed by atoms with E-state index in [9.17, 15) is 39.6 Å². The van der Waals surface area contributed by atoms with E-state index in [2.05, 4.69) is 17.6 Å². The molecule has 0 saturated carbocycles. The maximum Gasteiger partial charge on any atom is 0.309 e. The lowest BCUT2D eigenvalue weighted by molar-refractivity contribution is -0.398. The molecular formula is C46H76N2O13. The van der Waals surface area contributed by atoms with E-state index in [1.807, 2.05) is 55.4 Å². The van der Waals surface area contributed by atoms with Crippen LogP contribution >= 0.6 is 0 Å². The van der Waals surface area contributed by atoms with Crippen molar-refractivity contribution in [3.05, 3.63) is 12.2 Å². The van der Waals surface area contributed by atoms with Gasteiger partial charge in [-0.1, -0.05) is 61.5 Å². The summed E-state index contributed by atoms with van der Waals surface area (Å²) in [5, 5.41) is 47.3. The molecule has 5 rings (SSSR count). The van der Waals surface area contributed by atoms with E-state index in [-0.39, 0.29) is 36.7 Å². The molecule has 61 heavy (non-hydrogen) atoms. The van der Waals surface area contributed by atoms with E-state index < -0.39 is 107 Å². The highest BCUT2D eigenvalue weighted by molar-refractivity contribution is 6.35. The predicted octanol–water partition coefficient (Wildman–Crippen LogP) is 4.42. The molecule has 5 aliphatic rings. The highest BCUT2D eigenvalue weighted by Crippen LogP contribution is 2.54. The zero-order valence-corrected chi connectivity index (χ0v) is 38.2. The van der Waals surface area contributed by atoms with Crippen LogP contribution in [0.4, 0.5) is 0 Å². The van der Waals surface area contributed by atoms with Gasteiger partial charge in [-0.3, -0.25) is 19.2 Å². The van der Waals surface area contributed by atoms with Gasteiger partial charge in [0.1, 0.15) is 11.8 Å². The molecule has 15 heteroatoms. The molecule has 4 saturated heterocycles. The number of hydrogen-bond donors (Lipinski definition) is 6. The number of aliphatic hydroxyl groups is 3. The van der Waals surface area contributed by atoms with Crippen LogP contribution in [0.15, 0.2) is 12.2 Å². The van der Waals surface area contributed by atoms with Crippen molar-refractivity contribution in [2.45, 2.75) is 199 Å². The first-order chi connectivity index (χ1) is 28.6. The van der Waals surface area contributed by atoms with Gasteiger partial charge in [-0.15, -0.1) is 0 Å². The SMILES string of the molecule is CC[C@@H](C(=O)[C@@H](C)[C@@H](O)[C@H](C)[C@@H]1O[C@@H]([C@@H](CC)C(=O)O)CC[C@@H]1C)[C@H]1O[C@]2(C=C[C@@H](NC(=O)C(=O)NCCO)[C@]3(CC[C@@](C)([C@H]4CC[C@](O)(CC)[C@H](C)O4)O3)O2)[C@H](C)C[C@@H]1C. The minimum atomic E-state index is -1.52. The normalized spacial score (nSPS) is 41.4. The van der Waals surface area contributed by atoms with Gasteiger partial charge >= 0.3 is 17.8 Å². The topological polar surface area (TPSA) is 219 Å². The number of hydrogen-bond acceptors (Lipinski definition) is 12. The Labute approximate surface area is 362 Å². The molecule has 2 amide bonds. The number of carboxylic acids is 1. The minimum Gasteiger partial charge on any atom is -0.481 e. The lowest BCUT2D eigenvalue weighted by atomic mass is 9.72. The number of rotatable bonds is 15. The molecule has 348 valence electrons. The van der Waals surface area contributed by atoms with Gasteiger partial charge < -0.3 is 54.7 Å². The average molecular weight is 865 g/mol. The van der Waals surface area contributed by atoms with Crippen LogP contribution in [0, 0.1) is 41.4 Å². The molecule has 18 atom stereocenters. The van der Waals surface area contributed by atoms with Gasteiger partial charge in [0.05, 0.1) is 60.4 Å². The zero-order valence-electron chi connectivity index (χ0n) is 38.2. The molecule has 0 bridgehead atoms. The van der Waals surface area contributed by atoms with Crippen molar-refractivity contribution in [3.8, 4) is 0 Å². The monoisotopic (exact) mass is 865 g/mol. The van der Waals surface area contributed by atoms with Crippen molar-refractivity contribution in [1.29, 1.82) is 0 Å². The number of amides is 2. The third kappa shape index (κ3) is 9.94. The van der Waals surface area contributed by atoms with E-state index >= 15 is 0 Å². The van der Waals surface area contributed by atoms with Gasteiger partial charge in [-0.2, -0.15) is 0 Å². The number of ketones is 1. The van der Waals surface area contributed by atoms with E-state index in [4.69, 9.17) is 23.7 Å². The summed E-state index contributed by atoms with van der Waals surface area (Å²) in [6, 6.07) is -0.929. The highest BCUT2D eigenvalue weighted by Gasteiger charge is 2.63. The van der Waals surface area contributed by atoms with Gasteiger partial charge in [0.15, 0.2) is 11.6 Å². The number of carbonyl (C=O) groups excluding carboxylic acids is 3. The summed E-state index contributed by atoms with van der Waals surface area (Å²) in [6.45, 7) is 18.8. The van der Waals surface area contributed by atoms with Crippen molar-refractivity contribution in [2.75, 3.05) is 13.2 Å². The Bertz CT molecular complexity index is 1600. The Morgan fingerprint density at radius 2 is 1.56 bits per heavy atom. The molecule has 0 aromatic heterocycles. The fourth-order valence-electron chi connectivity index (χ4n) is 11.1. The van der Waals surface area contributed by atoms with Crippen molar-refractivity contribution in [1.82, 2.24) is 10.6 Å². The van der Waals surface area contributed by atoms with Gasteiger partial charge in [-0.25, -0.2) is 0 Å². The second kappa shape index (κ2) is 19.7. The Hall–Kier alpha value is -2.50. The van der Waals surface area contributed by atoms with Gasteiger partial charge in [-0.05, 0) is 89.5 Å². The van der Waals surface area contributed by atoms with Crippen LogP contribution in [0.2, 0.25) is 0 Å².